The largest absolute Gasteiger partial charge is 0.481 e. The van der Waals surface area contributed by atoms with Gasteiger partial charge in [0.1, 0.15) is 5.52 Å². The first-order chi connectivity index (χ1) is 15.3. The van der Waals surface area contributed by atoms with E-state index in [1.807, 2.05) is 35.1 Å². The molecule has 0 aromatic carbocycles. The van der Waals surface area contributed by atoms with E-state index in [1.165, 1.54) is 12.1 Å². The van der Waals surface area contributed by atoms with Crippen LogP contribution in [0.1, 0.15) is 51.1 Å². The number of aromatic nitrogens is 2. The van der Waals surface area contributed by atoms with Crippen LogP contribution < -0.4 is 4.68 Å². The number of carbonyl (C=O) groups is 3. The fraction of sp³-hybridized carbons (Fsp3) is 0.435. The van der Waals surface area contributed by atoms with E-state index in [-0.39, 0.29) is 23.8 Å². The van der Waals surface area contributed by atoms with Gasteiger partial charge in [0.15, 0.2) is 0 Å². The Morgan fingerprint density at radius 3 is 2.66 bits per heavy atom. The van der Waals surface area contributed by atoms with Gasteiger partial charge < -0.3 is 9.84 Å². The summed E-state index contributed by atoms with van der Waals surface area (Å²) in [5.74, 6) is -1.66. The number of esters is 1. The monoisotopic (exact) mass is 439 g/mol. The van der Waals surface area contributed by atoms with Crippen molar-refractivity contribution in [1.29, 1.82) is 0 Å². The molecule has 9 nitrogen and oxygen atoms in total. The van der Waals surface area contributed by atoms with Gasteiger partial charge in [-0.3, -0.25) is 9.59 Å². The third-order valence-electron chi connectivity index (χ3n) is 6.37. The maximum absolute atomic E-state index is 13.2. The van der Waals surface area contributed by atoms with Crippen LogP contribution in [0.2, 0.25) is 0 Å². The van der Waals surface area contributed by atoms with Crippen molar-refractivity contribution < 1.29 is 28.9 Å². The summed E-state index contributed by atoms with van der Waals surface area (Å²) in [6.07, 6.45) is 7.82. The number of rotatable bonds is 5. The van der Waals surface area contributed by atoms with Crippen LogP contribution in [0.25, 0.3) is 11.6 Å². The van der Waals surface area contributed by atoms with Crippen molar-refractivity contribution in [2.45, 2.75) is 51.6 Å². The van der Waals surface area contributed by atoms with Crippen LogP contribution in [0.5, 0.6) is 0 Å². The third-order valence-corrected chi connectivity index (χ3v) is 6.37. The number of methoxy groups -OCH3 is 1. The summed E-state index contributed by atoms with van der Waals surface area (Å²) < 4.78 is 8.51. The van der Waals surface area contributed by atoms with E-state index in [0.717, 1.165) is 11.1 Å². The Kier molecular flexibility index (Phi) is 5.82. The average Bonchev–Trinajstić information content (AvgIpc) is 3.31. The first kappa shape index (κ1) is 21.7. The second kappa shape index (κ2) is 8.57. The van der Waals surface area contributed by atoms with E-state index in [4.69, 9.17) is 4.74 Å². The van der Waals surface area contributed by atoms with Gasteiger partial charge in [-0.15, -0.1) is 4.52 Å². The molecule has 1 amide bonds. The van der Waals surface area contributed by atoms with Crippen molar-refractivity contribution in [1.82, 2.24) is 9.52 Å². The van der Waals surface area contributed by atoms with Crippen LogP contribution in [0.4, 0.5) is 0 Å². The summed E-state index contributed by atoms with van der Waals surface area (Å²) in [5.41, 5.74) is 2.75. The zero-order valence-electron chi connectivity index (χ0n) is 18.4. The number of hydrogen-bond acceptors (Lipinski definition) is 5. The number of amides is 1. The summed E-state index contributed by atoms with van der Waals surface area (Å²) in [4.78, 5) is 36.5. The lowest BCUT2D eigenvalue weighted by Gasteiger charge is -2.30. The Labute approximate surface area is 185 Å². The topological polar surface area (TPSA) is 105 Å². The van der Waals surface area contributed by atoms with Gasteiger partial charge in [0.2, 0.25) is 6.20 Å². The number of hydrogen-bond donors (Lipinski definition) is 1. The maximum atomic E-state index is 13.2. The van der Waals surface area contributed by atoms with Gasteiger partial charge in [0.25, 0.3) is 11.9 Å². The Morgan fingerprint density at radius 1 is 1.28 bits per heavy atom. The number of nitrogens with zero attached hydrogens (tertiary/aromatic N) is 4. The molecular weight excluding hydrogens is 412 g/mol. The van der Waals surface area contributed by atoms with E-state index in [1.54, 1.807) is 24.6 Å². The quantitative estimate of drug-likeness (QED) is 0.437. The molecule has 0 radical (unpaired) electrons. The lowest BCUT2D eigenvalue weighted by atomic mass is 9.86. The van der Waals surface area contributed by atoms with Crippen LogP contribution >= 0.6 is 0 Å². The fourth-order valence-electron chi connectivity index (χ4n) is 4.50. The van der Waals surface area contributed by atoms with Crippen LogP contribution in [0, 0.1) is 5.92 Å². The van der Waals surface area contributed by atoms with Gasteiger partial charge in [0.05, 0.1) is 42.1 Å². The zero-order valence-corrected chi connectivity index (χ0v) is 18.4. The molecule has 9 heteroatoms. The molecule has 1 saturated carbocycles. The SMILES string of the molecule is COC(=O)C(C)[n+]1cc(C=C2C(=O)N(C3CCC(C(=O)O)CC3)N=C2C)c2ccccn21. The van der Waals surface area contributed by atoms with Crippen LogP contribution in [0.15, 0.2) is 41.3 Å². The first-order valence-corrected chi connectivity index (χ1v) is 10.7. The van der Waals surface area contributed by atoms with E-state index in [2.05, 4.69) is 5.10 Å². The van der Waals surface area contributed by atoms with Gasteiger partial charge >= 0.3 is 11.9 Å². The van der Waals surface area contributed by atoms with Crippen LogP contribution in [-0.2, 0) is 19.1 Å². The fourth-order valence-corrected chi connectivity index (χ4v) is 4.50. The number of hydrazone groups is 1. The molecule has 1 atom stereocenters. The van der Waals surface area contributed by atoms with Gasteiger partial charge in [-0.25, -0.2) is 9.80 Å². The number of ether oxygens (including phenoxy) is 1. The molecule has 1 unspecified atom stereocenters. The number of pyridine rings is 1. The van der Waals surface area contributed by atoms with Crippen molar-refractivity contribution in [3.8, 4) is 0 Å². The van der Waals surface area contributed by atoms with E-state index in [9.17, 15) is 19.5 Å². The lowest BCUT2D eigenvalue weighted by Crippen LogP contribution is -2.46. The van der Waals surface area contributed by atoms with Crippen LogP contribution in [0.3, 0.4) is 0 Å². The van der Waals surface area contributed by atoms with Crippen molar-refractivity contribution >= 4 is 35.2 Å². The zero-order chi connectivity index (χ0) is 23.0. The van der Waals surface area contributed by atoms with Gasteiger partial charge in [0, 0.05) is 6.92 Å². The minimum Gasteiger partial charge on any atom is -0.481 e. The molecule has 0 saturated heterocycles. The number of carboxylic acids is 1. The van der Waals surface area contributed by atoms with Gasteiger partial charge in [-0.05, 0) is 50.8 Å². The minimum atomic E-state index is -0.772. The molecule has 0 bridgehead atoms. The molecule has 2 aromatic heterocycles. The second-order valence-electron chi connectivity index (χ2n) is 8.33. The predicted molar refractivity (Wildman–Crippen MR) is 116 cm³/mol. The highest BCUT2D eigenvalue weighted by molar-refractivity contribution is 6.27. The maximum Gasteiger partial charge on any atom is 0.377 e. The van der Waals surface area contributed by atoms with Crippen molar-refractivity contribution in [2.75, 3.05) is 7.11 Å². The van der Waals surface area contributed by atoms with E-state index < -0.39 is 12.0 Å². The second-order valence-corrected chi connectivity index (χ2v) is 8.33. The molecule has 4 rings (SSSR count). The molecule has 1 aliphatic carbocycles. The third kappa shape index (κ3) is 3.79. The normalized spacial score (nSPS) is 23.5. The molecule has 2 aliphatic rings. The molecular formula is C23H27N4O5+. The summed E-state index contributed by atoms with van der Waals surface area (Å²) in [6, 6.07) is 5.05. The van der Waals surface area contributed by atoms with Crippen LogP contribution in [-0.4, -0.2) is 51.3 Å². The molecule has 32 heavy (non-hydrogen) atoms. The molecule has 0 spiro atoms. The number of carboxylic acid groups (broad SMARTS) is 1. The van der Waals surface area contributed by atoms with Crippen molar-refractivity contribution in [3.05, 3.63) is 41.7 Å². The predicted octanol–water partition coefficient (Wildman–Crippen LogP) is 2.21. The highest BCUT2D eigenvalue weighted by Gasteiger charge is 2.37. The Bertz CT molecular complexity index is 1140. The highest BCUT2D eigenvalue weighted by atomic mass is 16.5. The van der Waals surface area contributed by atoms with Gasteiger partial charge in [-0.1, -0.05) is 10.7 Å². The smallest absolute Gasteiger partial charge is 0.377 e. The first-order valence-electron chi connectivity index (χ1n) is 10.7. The Morgan fingerprint density at radius 2 is 2.00 bits per heavy atom. The number of aliphatic carboxylic acids is 1. The van der Waals surface area contributed by atoms with E-state index >= 15 is 0 Å². The minimum absolute atomic E-state index is 0.0889. The van der Waals surface area contributed by atoms with Gasteiger partial charge in [-0.2, -0.15) is 5.10 Å². The van der Waals surface area contributed by atoms with E-state index in [0.29, 0.717) is 37.0 Å². The molecule has 1 fully saturated rings. The van der Waals surface area contributed by atoms with Crippen molar-refractivity contribution in [3.63, 3.8) is 0 Å². The average molecular weight is 439 g/mol. The molecule has 1 aliphatic heterocycles. The number of fused-ring (bicyclic) bond motifs is 1. The molecule has 2 aromatic rings. The summed E-state index contributed by atoms with van der Waals surface area (Å²) in [5, 5.41) is 15.2. The van der Waals surface area contributed by atoms with Crippen molar-refractivity contribution in [2.24, 2.45) is 11.0 Å². The summed E-state index contributed by atoms with van der Waals surface area (Å²) in [6.45, 7) is 3.56. The Balaban J connectivity index is 1.64. The summed E-state index contributed by atoms with van der Waals surface area (Å²) in [7, 11) is 1.35. The standard InChI is InChI=1S/C23H26N4O5/c1-14-19(21(28)27(24-14)18-9-7-16(8-10-18)22(29)30)12-17-13-26(15(2)23(31)32-3)25-11-5-4-6-20(17)25/h4-6,11-13,15-16,18H,7-10H2,1-3H3/p+1. The Hall–Kier alpha value is -3.49. The molecule has 1 N–H and O–H groups in total. The number of carbonyl (C=O) groups excluding carboxylic acids is 2. The lowest BCUT2D eigenvalue weighted by molar-refractivity contribution is -0.769. The molecule has 168 valence electrons. The molecule has 3 heterocycles. The highest BCUT2D eigenvalue weighted by Crippen LogP contribution is 2.31. The summed E-state index contributed by atoms with van der Waals surface area (Å²) >= 11 is 0.